The van der Waals surface area contributed by atoms with E-state index in [1.807, 2.05) is 6.07 Å². The zero-order valence-electron chi connectivity index (χ0n) is 14.3. The van der Waals surface area contributed by atoms with Gasteiger partial charge < -0.3 is 0 Å². The average molecular weight is 344 g/mol. The number of benzene rings is 2. The number of piperidine rings is 1. The van der Waals surface area contributed by atoms with Gasteiger partial charge >= 0.3 is 0 Å². The van der Waals surface area contributed by atoms with E-state index in [2.05, 4.69) is 59.5 Å². The van der Waals surface area contributed by atoms with E-state index in [9.17, 15) is 4.79 Å². The largest absolute Gasteiger partial charge is 0.299 e. The first-order valence-electron chi connectivity index (χ1n) is 8.49. The first-order valence-corrected chi connectivity index (χ1v) is 8.49. The Labute approximate surface area is 151 Å². The van der Waals surface area contributed by atoms with Crippen molar-refractivity contribution in [3.8, 4) is 0 Å². The molecule has 128 valence electrons. The Morgan fingerprint density at radius 2 is 1.42 bits per heavy atom. The number of nitrogens with zero attached hydrogens (tertiary/aromatic N) is 1. The molecule has 24 heavy (non-hydrogen) atoms. The van der Waals surface area contributed by atoms with E-state index >= 15 is 0 Å². The molecule has 0 bridgehead atoms. The molecule has 0 N–H and O–H groups in total. The van der Waals surface area contributed by atoms with Gasteiger partial charge in [0.2, 0.25) is 0 Å². The lowest BCUT2D eigenvalue weighted by atomic mass is 9.71. The topological polar surface area (TPSA) is 20.3 Å². The van der Waals surface area contributed by atoms with Crippen LogP contribution >= 0.6 is 12.4 Å². The maximum absolute atomic E-state index is 12.4. The van der Waals surface area contributed by atoms with Crippen LogP contribution in [0.4, 0.5) is 0 Å². The summed E-state index contributed by atoms with van der Waals surface area (Å²) >= 11 is 0. The summed E-state index contributed by atoms with van der Waals surface area (Å²) in [6.07, 6.45) is 2.80. The molecule has 1 aliphatic rings. The summed E-state index contributed by atoms with van der Waals surface area (Å²) in [5, 5.41) is 0. The van der Waals surface area contributed by atoms with E-state index < -0.39 is 0 Å². The zero-order valence-corrected chi connectivity index (χ0v) is 15.1. The third kappa shape index (κ3) is 4.46. The highest BCUT2D eigenvalue weighted by molar-refractivity contribution is 5.85. The van der Waals surface area contributed by atoms with Crippen molar-refractivity contribution >= 4 is 18.2 Å². The van der Waals surface area contributed by atoms with Gasteiger partial charge in [-0.15, -0.1) is 12.4 Å². The SMILES string of the molecule is CC(=O)C1(Cc2ccccc2)CCN(Cc2ccccc2)CC1.Cl. The number of halogens is 1. The van der Waals surface area contributed by atoms with Crippen molar-refractivity contribution in [3.63, 3.8) is 0 Å². The predicted molar refractivity (Wildman–Crippen MR) is 101 cm³/mol. The molecule has 0 unspecified atom stereocenters. The van der Waals surface area contributed by atoms with Crippen LogP contribution in [0.25, 0.3) is 0 Å². The second kappa shape index (κ2) is 8.46. The van der Waals surface area contributed by atoms with Crippen molar-refractivity contribution in [1.82, 2.24) is 4.90 Å². The minimum Gasteiger partial charge on any atom is -0.299 e. The monoisotopic (exact) mass is 343 g/mol. The molecular weight excluding hydrogens is 318 g/mol. The Hall–Kier alpha value is -1.64. The summed E-state index contributed by atoms with van der Waals surface area (Å²) in [5.41, 5.74) is 2.46. The van der Waals surface area contributed by atoms with E-state index in [0.29, 0.717) is 5.78 Å². The molecule has 1 fully saturated rings. The van der Waals surface area contributed by atoms with Crippen molar-refractivity contribution in [1.29, 1.82) is 0 Å². The van der Waals surface area contributed by atoms with Crippen LogP contribution in [0.2, 0.25) is 0 Å². The number of carbonyl (C=O) groups excluding carboxylic acids is 1. The Morgan fingerprint density at radius 1 is 0.917 bits per heavy atom. The molecular formula is C21H26ClNO. The zero-order chi connectivity index (χ0) is 16.1. The van der Waals surface area contributed by atoms with Crippen molar-refractivity contribution in [3.05, 3.63) is 71.8 Å². The molecule has 0 spiro atoms. The van der Waals surface area contributed by atoms with Crippen molar-refractivity contribution in [2.75, 3.05) is 13.1 Å². The molecule has 3 rings (SSSR count). The highest BCUT2D eigenvalue weighted by atomic mass is 35.5. The normalized spacial score (nSPS) is 17.0. The molecule has 0 amide bonds. The Kier molecular flexibility index (Phi) is 6.59. The first kappa shape index (κ1) is 18.7. The van der Waals surface area contributed by atoms with Crippen LogP contribution in [0.5, 0.6) is 0 Å². The molecule has 2 aromatic rings. The van der Waals surface area contributed by atoms with E-state index in [0.717, 1.165) is 38.9 Å². The molecule has 2 aromatic carbocycles. The Balaban J connectivity index is 0.00000208. The number of hydrogen-bond donors (Lipinski definition) is 0. The highest BCUT2D eigenvalue weighted by Gasteiger charge is 2.38. The van der Waals surface area contributed by atoms with Gasteiger partial charge in [-0.3, -0.25) is 9.69 Å². The Bertz CT molecular complexity index is 633. The van der Waals surface area contributed by atoms with E-state index in [1.54, 1.807) is 6.92 Å². The predicted octanol–water partition coefficient (Wildman–Crippen LogP) is 4.52. The second-order valence-electron chi connectivity index (χ2n) is 6.76. The van der Waals surface area contributed by atoms with Crippen LogP contribution < -0.4 is 0 Å². The third-order valence-corrected chi connectivity index (χ3v) is 5.19. The van der Waals surface area contributed by atoms with E-state index in [1.165, 1.54) is 11.1 Å². The summed E-state index contributed by atoms with van der Waals surface area (Å²) in [6, 6.07) is 21.0. The van der Waals surface area contributed by atoms with Gasteiger partial charge in [0.1, 0.15) is 5.78 Å². The van der Waals surface area contributed by atoms with Gasteiger partial charge in [-0.1, -0.05) is 60.7 Å². The minimum absolute atomic E-state index is 0. The van der Waals surface area contributed by atoms with Crippen LogP contribution in [0, 0.1) is 5.41 Å². The van der Waals surface area contributed by atoms with Gasteiger partial charge in [0, 0.05) is 12.0 Å². The molecule has 2 nitrogen and oxygen atoms in total. The highest BCUT2D eigenvalue weighted by Crippen LogP contribution is 2.36. The van der Waals surface area contributed by atoms with Gasteiger partial charge in [0.25, 0.3) is 0 Å². The maximum Gasteiger partial charge on any atom is 0.136 e. The minimum atomic E-state index is -0.172. The van der Waals surface area contributed by atoms with Crippen LogP contribution in [-0.2, 0) is 17.8 Å². The van der Waals surface area contributed by atoms with Crippen LogP contribution in [0.1, 0.15) is 30.9 Å². The van der Waals surface area contributed by atoms with Gasteiger partial charge in [-0.25, -0.2) is 0 Å². The molecule has 1 saturated heterocycles. The lowest BCUT2D eigenvalue weighted by Gasteiger charge is -2.40. The van der Waals surface area contributed by atoms with Crippen molar-refractivity contribution in [2.24, 2.45) is 5.41 Å². The fourth-order valence-electron chi connectivity index (χ4n) is 3.62. The number of hydrogen-bond acceptors (Lipinski definition) is 2. The molecule has 0 saturated carbocycles. The lowest BCUT2D eigenvalue weighted by Crippen LogP contribution is -2.44. The molecule has 3 heteroatoms. The van der Waals surface area contributed by atoms with Gasteiger partial charge in [0.05, 0.1) is 0 Å². The quantitative estimate of drug-likeness (QED) is 0.795. The van der Waals surface area contributed by atoms with Crippen molar-refractivity contribution < 1.29 is 4.79 Å². The average Bonchev–Trinajstić information content (AvgIpc) is 2.58. The number of rotatable bonds is 5. The van der Waals surface area contributed by atoms with E-state index in [-0.39, 0.29) is 17.8 Å². The fraction of sp³-hybridized carbons (Fsp3) is 0.381. The molecule has 1 aliphatic heterocycles. The van der Waals surface area contributed by atoms with Gasteiger partial charge in [0.15, 0.2) is 0 Å². The van der Waals surface area contributed by atoms with Gasteiger partial charge in [-0.2, -0.15) is 0 Å². The van der Waals surface area contributed by atoms with E-state index in [4.69, 9.17) is 0 Å². The Morgan fingerprint density at radius 3 is 1.92 bits per heavy atom. The summed E-state index contributed by atoms with van der Waals surface area (Å²) in [5.74, 6) is 0.348. The first-order chi connectivity index (χ1) is 11.2. The molecule has 0 aliphatic carbocycles. The standard InChI is InChI=1S/C21H25NO.ClH/c1-18(23)21(16-19-8-4-2-5-9-19)12-14-22(15-13-21)17-20-10-6-3-7-11-20;/h2-11H,12-17H2,1H3;1H. The lowest BCUT2D eigenvalue weighted by molar-refractivity contribution is -0.129. The molecule has 0 atom stereocenters. The summed E-state index contributed by atoms with van der Waals surface area (Å²) in [7, 11) is 0. The van der Waals surface area contributed by atoms with Gasteiger partial charge in [-0.05, 0) is 50.4 Å². The molecule has 0 radical (unpaired) electrons. The van der Waals surface area contributed by atoms with Crippen LogP contribution in [0.3, 0.4) is 0 Å². The molecule has 1 heterocycles. The fourth-order valence-corrected chi connectivity index (χ4v) is 3.62. The summed E-state index contributed by atoms with van der Waals surface area (Å²) < 4.78 is 0. The molecule has 0 aromatic heterocycles. The number of Topliss-reactive ketones (excluding diaryl/α,β-unsaturated/α-hetero) is 1. The number of likely N-dealkylation sites (tertiary alicyclic amines) is 1. The third-order valence-electron chi connectivity index (χ3n) is 5.19. The second-order valence-corrected chi connectivity index (χ2v) is 6.76. The van der Waals surface area contributed by atoms with Crippen LogP contribution in [0.15, 0.2) is 60.7 Å². The van der Waals surface area contributed by atoms with Crippen molar-refractivity contribution in [2.45, 2.75) is 32.7 Å². The smallest absolute Gasteiger partial charge is 0.136 e. The summed E-state index contributed by atoms with van der Waals surface area (Å²) in [6.45, 7) is 4.76. The summed E-state index contributed by atoms with van der Waals surface area (Å²) in [4.78, 5) is 14.8. The number of ketones is 1. The number of carbonyl (C=O) groups is 1. The maximum atomic E-state index is 12.4. The van der Waals surface area contributed by atoms with Crippen LogP contribution in [-0.4, -0.2) is 23.8 Å².